The van der Waals surface area contributed by atoms with Gasteiger partial charge in [0.2, 0.25) is 0 Å². The van der Waals surface area contributed by atoms with Gasteiger partial charge in [0.25, 0.3) is 5.91 Å². The number of aromatic nitrogens is 1. The zero-order valence-electron chi connectivity index (χ0n) is 15.8. The summed E-state index contributed by atoms with van der Waals surface area (Å²) in [5.74, 6) is 0.860. The van der Waals surface area contributed by atoms with E-state index in [0.717, 1.165) is 26.4 Å². The molecule has 1 heterocycles. The van der Waals surface area contributed by atoms with Gasteiger partial charge < -0.3 is 0 Å². The molecule has 0 aliphatic heterocycles. The molecule has 0 aliphatic rings. The highest BCUT2D eigenvalue weighted by molar-refractivity contribution is 7.99. The molecule has 4 aromatic rings. The number of hydrogen-bond acceptors (Lipinski definition) is 4. The molecule has 1 aromatic heterocycles. The predicted octanol–water partition coefficient (Wildman–Crippen LogP) is 6.91. The van der Waals surface area contributed by atoms with Crippen LogP contribution in [0.3, 0.4) is 0 Å². The largest absolute Gasteiger partial charge is 0.279 e. The molecule has 0 saturated heterocycles. The molecule has 0 radical (unpaired) electrons. The van der Waals surface area contributed by atoms with Gasteiger partial charge in [-0.05, 0) is 41.6 Å². The molecule has 3 aromatic carbocycles. The van der Waals surface area contributed by atoms with Crippen LogP contribution in [0.2, 0.25) is 5.02 Å². The van der Waals surface area contributed by atoms with Gasteiger partial charge in [0.05, 0.1) is 22.3 Å². The van der Waals surface area contributed by atoms with Crippen molar-refractivity contribution in [3.05, 3.63) is 88.9 Å². The first-order valence-electron chi connectivity index (χ1n) is 9.29. The number of benzene rings is 3. The van der Waals surface area contributed by atoms with E-state index in [9.17, 15) is 4.79 Å². The van der Waals surface area contributed by atoms with E-state index in [1.165, 1.54) is 11.3 Å². The highest BCUT2D eigenvalue weighted by atomic mass is 35.5. The van der Waals surface area contributed by atoms with Crippen LogP contribution in [-0.4, -0.2) is 16.6 Å². The van der Waals surface area contributed by atoms with Gasteiger partial charge in [0, 0.05) is 9.92 Å². The Labute approximate surface area is 183 Å². The number of hydrogen-bond donors (Lipinski definition) is 0. The number of amides is 1. The van der Waals surface area contributed by atoms with E-state index in [1.54, 1.807) is 16.7 Å². The maximum atomic E-state index is 13.6. The summed E-state index contributed by atoms with van der Waals surface area (Å²) >= 11 is 9.30. The number of anilines is 1. The number of fused-ring (bicyclic) bond motifs is 1. The van der Waals surface area contributed by atoms with Crippen LogP contribution in [0.4, 0.5) is 5.13 Å². The van der Waals surface area contributed by atoms with Crippen molar-refractivity contribution in [2.45, 2.75) is 18.4 Å². The van der Waals surface area contributed by atoms with Crippen LogP contribution >= 0.6 is 34.7 Å². The van der Waals surface area contributed by atoms with E-state index < -0.39 is 0 Å². The normalized spacial score (nSPS) is 11.0. The molecular weight excluding hydrogens is 420 g/mol. The number of thiazole rings is 1. The highest BCUT2D eigenvalue weighted by Crippen LogP contribution is 2.33. The minimum absolute atomic E-state index is 0.0458. The summed E-state index contributed by atoms with van der Waals surface area (Å²) in [6.45, 7) is 2.54. The van der Waals surface area contributed by atoms with Gasteiger partial charge in [0.1, 0.15) is 0 Å². The number of thioether (sulfide) groups is 1. The Bertz CT molecular complexity index is 1140. The molecule has 0 bridgehead atoms. The lowest BCUT2D eigenvalue weighted by molar-refractivity contribution is 0.0982. The molecule has 1 amide bonds. The van der Waals surface area contributed by atoms with E-state index >= 15 is 0 Å². The van der Waals surface area contributed by atoms with Gasteiger partial charge in [0.15, 0.2) is 5.13 Å². The van der Waals surface area contributed by atoms with Crippen LogP contribution in [-0.2, 0) is 6.54 Å². The molecule has 0 spiro atoms. The third-order valence-corrected chi connectivity index (χ3v) is 6.65. The fourth-order valence-electron chi connectivity index (χ4n) is 3.06. The molecule has 0 N–H and O–H groups in total. The van der Waals surface area contributed by atoms with Gasteiger partial charge in [-0.2, -0.15) is 0 Å². The van der Waals surface area contributed by atoms with Crippen molar-refractivity contribution in [1.82, 2.24) is 4.98 Å². The standard InChI is InChI=1S/C23H19ClN2OS2/c1-2-28-20-11-7-6-10-18(20)22(27)26(15-16-8-4-3-5-9-16)23-25-19-13-12-17(24)14-21(19)29-23/h3-14H,2,15H2,1H3. The minimum Gasteiger partial charge on any atom is -0.279 e. The number of carbonyl (C=O) groups is 1. The molecule has 0 atom stereocenters. The van der Waals surface area contributed by atoms with E-state index in [-0.39, 0.29) is 5.91 Å². The first-order valence-corrected chi connectivity index (χ1v) is 11.5. The summed E-state index contributed by atoms with van der Waals surface area (Å²) < 4.78 is 0.967. The Kier molecular flexibility index (Phi) is 6.19. The topological polar surface area (TPSA) is 33.2 Å². The number of rotatable bonds is 6. The predicted molar refractivity (Wildman–Crippen MR) is 124 cm³/mol. The molecule has 6 heteroatoms. The van der Waals surface area contributed by atoms with Crippen molar-refractivity contribution >= 4 is 56.0 Å². The fourth-order valence-corrected chi connectivity index (χ4v) is 5.10. The summed E-state index contributed by atoms with van der Waals surface area (Å²) in [5.41, 5.74) is 2.60. The second-order valence-corrected chi connectivity index (χ2v) is 9.17. The Hall–Kier alpha value is -2.34. The molecule has 0 unspecified atom stereocenters. The van der Waals surface area contributed by atoms with Crippen LogP contribution in [0.25, 0.3) is 10.2 Å². The Morgan fingerprint density at radius 3 is 2.62 bits per heavy atom. The highest BCUT2D eigenvalue weighted by Gasteiger charge is 2.23. The van der Waals surface area contributed by atoms with Crippen LogP contribution < -0.4 is 4.90 Å². The third kappa shape index (κ3) is 4.47. The van der Waals surface area contributed by atoms with Crippen LogP contribution in [0.15, 0.2) is 77.7 Å². The number of nitrogens with zero attached hydrogens (tertiary/aromatic N) is 2. The Morgan fingerprint density at radius 1 is 1.07 bits per heavy atom. The van der Waals surface area contributed by atoms with Gasteiger partial charge in [-0.15, -0.1) is 11.8 Å². The number of carbonyl (C=O) groups excluding carboxylic acids is 1. The van der Waals surface area contributed by atoms with E-state index in [0.29, 0.717) is 22.3 Å². The fraction of sp³-hybridized carbons (Fsp3) is 0.130. The third-order valence-electron chi connectivity index (χ3n) is 4.42. The lowest BCUT2D eigenvalue weighted by Crippen LogP contribution is -2.30. The van der Waals surface area contributed by atoms with Crippen molar-refractivity contribution in [2.24, 2.45) is 0 Å². The SMILES string of the molecule is CCSc1ccccc1C(=O)N(Cc1ccccc1)c1nc2ccc(Cl)cc2s1. The molecule has 3 nitrogen and oxygen atoms in total. The maximum Gasteiger partial charge on any atom is 0.261 e. The summed E-state index contributed by atoms with van der Waals surface area (Å²) in [4.78, 5) is 21.1. The van der Waals surface area contributed by atoms with Gasteiger partial charge >= 0.3 is 0 Å². The van der Waals surface area contributed by atoms with Crippen LogP contribution in [0.5, 0.6) is 0 Å². The van der Waals surface area contributed by atoms with Gasteiger partial charge in [-0.3, -0.25) is 9.69 Å². The van der Waals surface area contributed by atoms with Crippen molar-refractivity contribution in [3.63, 3.8) is 0 Å². The van der Waals surface area contributed by atoms with E-state index in [2.05, 4.69) is 6.92 Å². The average molecular weight is 439 g/mol. The molecule has 0 fully saturated rings. The minimum atomic E-state index is -0.0458. The zero-order chi connectivity index (χ0) is 20.2. The number of halogens is 1. The second kappa shape index (κ2) is 8.99. The average Bonchev–Trinajstić information content (AvgIpc) is 3.16. The lowest BCUT2D eigenvalue weighted by atomic mass is 10.1. The molecule has 0 saturated carbocycles. The van der Waals surface area contributed by atoms with Crippen LogP contribution in [0, 0.1) is 0 Å². The van der Waals surface area contributed by atoms with E-state index in [1.807, 2.05) is 72.8 Å². The van der Waals surface area contributed by atoms with Crippen molar-refractivity contribution in [2.75, 3.05) is 10.7 Å². The Balaban J connectivity index is 1.78. The second-order valence-electron chi connectivity index (χ2n) is 6.41. The molecule has 29 heavy (non-hydrogen) atoms. The first-order chi connectivity index (χ1) is 14.2. The molecule has 4 rings (SSSR count). The van der Waals surface area contributed by atoms with Gasteiger partial charge in [-0.25, -0.2) is 4.98 Å². The van der Waals surface area contributed by atoms with E-state index in [4.69, 9.17) is 16.6 Å². The Morgan fingerprint density at radius 2 is 1.83 bits per heavy atom. The lowest BCUT2D eigenvalue weighted by Gasteiger charge is -2.21. The van der Waals surface area contributed by atoms with Crippen LogP contribution in [0.1, 0.15) is 22.8 Å². The van der Waals surface area contributed by atoms with Crippen molar-refractivity contribution in [3.8, 4) is 0 Å². The summed E-state index contributed by atoms with van der Waals surface area (Å²) in [7, 11) is 0. The van der Waals surface area contributed by atoms with Crippen molar-refractivity contribution in [1.29, 1.82) is 0 Å². The monoisotopic (exact) mass is 438 g/mol. The van der Waals surface area contributed by atoms with Gasteiger partial charge in [-0.1, -0.05) is 72.3 Å². The summed E-state index contributed by atoms with van der Waals surface area (Å²) in [6, 6.07) is 23.4. The molecular formula is C23H19ClN2OS2. The quantitative estimate of drug-likeness (QED) is 0.306. The first kappa shape index (κ1) is 20.0. The molecule has 146 valence electrons. The molecule has 0 aliphatic carbocycles. The zero-order valence-corrected chi connectivity index (χ0v) is 18.2. The smallest absolute Gasteiger partial charge is 0.261 e. The summed E-state index contributed by atoms with van der Waals surface area (Å²) in [6.07, 6.45) is 0. The van der Waals surface area contributed by atoms with Crippen molar-refractivity contribution < 1.29 is 4.79 Å². The maximum absolute atomic E-state index is 13.6. The summed E-state index contributed by atoms with van der Waals surface area (Å²) in [5, 5.41) is 1.34.